The van der Waals surface area contributed by atoms with Crippen LogP contribution in [0.4, 0.5) is 5.00 Å². The quantitative estimate of drug-likeness (QED) is 0.345. The van der Waals surface area contributed by atoms with Gasteiger partial charge < -0.3 is 23.6 Å². The molecule has 0 bridgehead atoms. The van der Waals surface area contributed by atoms with Crippen molar-refractivity contribution in [2.75, 3.05) is 18.5 Å². The van der Waals surface area contributed by atoms with Crippen LogP contribution >= 0.6 is 22.7 Å². The predicted molar refractivity (Wildman–Crippen MR) is 121 cm³/mol. The van der Waals surface area contributed by atoms with Gasteiger partial charge in [-0.25, -0.2) is 14.6 Å². The van der Waals surface area contributed by atoms with Gasteiger partial charge in [0.1, 0.15) is 16.3 Å². The molecule has 0 atom stereocenters. The summed E-state index contributed by atoms with van der Waals surface area (Å²) < 4.78 is 20.9. The zero-order valence-electron chi connectivity index (χ0n) is 17.6. The summed E-state index contributed by atoms with van der Waals surface area (Å²) in [5, 5.41) is 5.10. The molecular weight excluding hydrogens is 468 g/mol. The first kappa shape index (κ1) is 22.5. The van der Waals surface area contributed by atoms with E-state index < -0.39 is 24.5 Å². The molecule has 4 rings (SSSR count). The predicted octanol–water partition coefficient (Wildman–Crippen LogP) is 5.01. The molecule has 11 heteroatoms. The molecule has 9 nitrogen and oxygen atoms in total. The van der Waals surface area contributed by atoms with E-state index in [1.54, 1.807) is 43.5 Å². The van der Waals surface area contributed by atoms with Gasteiger partial charge in [-0.05, 0) is 38.1 Å². The molecule has 170 valence electrons. The first-order chi connectivity index (χ1) is 16.0. The molecule has 4 heterocycles. The molecule has 0 unspecified atom stereocenters. The molecule has 0 fully saturated rings. The molecular formula is C22H18N2O7S2. The first-order valence-electron chi connectivity index (χ1n) is 9.78. The van der Waals surface area contributed by atoms with Crippen molar-refractivity contribution in [3.63, 3.8) is 0 Å². The first-order valence-corrected chi connectivity index (χ1v) is 11.5. The van der Waals surface area contributed by atoms with Crippen molar-refractivity contribution in [2.45, 2.75) is 13.8 Å². The molecule has 33 heavy (non-hydrogen) atoms. The molecule has 1 amide bonds. The Hall–Kier alpha value is -3.70. The summed E-state index contributed by atoms with van der Waals surface area (Å²) >= 11 is 2.42. The number of anilines is 1. The lowest BCUT2D eigenvalue weighted by Crippen LogP contribution is -2.22. The van der Waals surface area contributed by atoms with Crippen molar-refractivity contribution in [2.24, 2.45) is 0 Å². The van der Waals surface area contributed by atoms with Crippen LogP contribution in [0.3, 0.4) is 0 Å². The van der Waals surface area contributed by atoms with Crippen molar-refractivity contribution in [3.05, 3.63) is 58.3 Å². The Morgan fingerprint density at radius 2 is 1.79 bits per heavy atom. The second-order valence-corrected chi connectivity index (χ2v) is 8.66. The number of amides is 1. The Labute approximate surface area is 196 Å². The third kappa shape index (κ3) is 4.89. The van der Waals surface area contributed by atoms with Gasteiger partial charge in [0, 0.05) is 15.8 Å². The number of thiophene rings is 1. The Kier molecular flexibility index (Phi) is 6.71. The summed E-state index contributed by atoms with van der Waals surface area (Å²) in [5.74, 6) is -0.935. The van der Waals surface area contributed by atoms with E-state index in [9.17, 15) is 14.4 Å². The second-order valence-electron chi connectivity index (χ2n) is 6.58. The molecule has 4 aromatic rings. The number of rotatable bonds is 8. The van der Waals surface area contributed by atoms with Crippen molar-refractivity contribution in [1.82, 2.24) is 4.98 Å². The van der Waals surface area contributed by atoms with E-state index >= 15 is 0 Å². The summed E-state index contributed by atoms with van der Waals surface area (Å²) in [6.07, 6.45) is 3.00. The SMILES string of the molecule is CCOC(=O)c1c(-c2ccco2)csc1NC(=O)COC(=O)c1nc(-c2ccco2)sc1C. The average molecular weight is 487 g/mol. The van der Waals surface area contributed by atoms with Gasteiger partial charge in [-0.1, -0.05) is 0 Å². The Balaban J connectivity index is 1.44. The van der Waals surface area contributed by atoms with Crippen molar-refractivity contribution in [3.8, 4) is 22.1 Å². The normalized spacial score (nSPS) is 10.7. The Bertz CT molecular complexity index is 1270. The summed E-state index contributed by atoms with van der Waals surface area (Å²) in [6, 6.07) is 6.85. The van der Waals surface area contributed by atoms with Gasteiger partial charge in [0.15, 0.2) is 23.1 Å². The van der Waals surface area contributed by atoms with Crippen LogP contribution in [0.2, 0.25) is 0 Å². The topological polar surface area (TPSA) is 121 Å². The van der Waals surface area contributed by atoms with Gasteiger partial charge >= 0.3 is 11.9 Å². The minimum Gasteiger partial charge on any atom is -0.464 e. The number of carbonyl (C=O) groups excluding carboxylic acids is 3. The number of ether oxygens (including phenoxy) is 2. The van der Waals surface area contributed by atoms with Gasteiger partial charge in [0.2, 0.25) is 0 Å². The smallest absolute Gasteiger partial charge is 0.358 e. The number of carbonyl (C=O) groups is 3. The molecule has 0 radical (unpaired) electrons. The molecule has 0 saturated carbocycles. The number of hydrogen-bond donors (Lipinski definition) is 1. The van der Waals surface area contributed by atoms with Crippen LogP contribution in [0.15, 0.2) is 51.0 Å². The number of furan rings is 2. The third-order valence-corrected chi connectivity index (χ3v) is 6.25. The largest absolute Gasteiger partial charge is 0.464 e. The number of esters is 2. The maximum atomic E-state index is 12.5. The summed E-state index contributed by atoms with van der Waals surface area (Å²) in [7, 11) is 0. The fraction of sp³-hybridized carbons (Fsp3) is 0.182. The molecule has 0 aliphatic carbocycles. The van der Waals surface area contributed by atoms with E-state index in [1.807, 2.05) is 0 Å². The van der Waals surface area contributed by atoms with Gasteiger partial charge in [-0.2, -0.15) is 0 Å². The number of aryl methyl sites for hydroxylation is 1. The zero-order valence-corrected chi connectivity index (χ0v) is 19.2. The van der Waals surface area contributed by atoms with Crippen LogP contribution in [0.5, 0.6) is 0 Å². The molecule has 0 spiro atoms. The van der Waals surface area contributed by atoms with E-state index in [1.165, 1.54) is 23.9 Å². The summed E-state index contributed by atoms with van der Waals surface area (Å²) in [5.41, 5.74) is 0.789. The molecule has 0 saturated heterocycles. The Morgan fingerprint density at radius 3 is 2.45 bits per heavy atom. The van der Waals surface area contributed by atoms with Crippen molar-refractivity contribution in [1.29, 1.82) is 0 Å². The third-order valence-electron chi connectivity index (χ3n) is 4.37. The highest BCUT2D eigenvalue weighted by molar-refractivity contribution is 7.15. The fourth-order valence-electron chi connectivity index (χ4n) is 2.92. The summed E-state index contributed by atoms with van der Waals surface area (Å²) in [4.78, 5) is 42.3. The minimum atomic E-state index is -0.732. The summed E-state index contributed by atoms with van der Waals surface area (Å²) in [6.45, 7) is 3.03. The van der Waals surface area contributed by atoms with Crippen molar-refractivity contribution < 1.29 is 32.7 Å². The van der Waals surface area contributed by atoms with Gasteiger partial charge in [0.05, 0.1) is 19.1 Å². The average Bonchev–Trinajstić information content (AvgIpc) is 3.58. The second kappa shape index (κ2) is 9.84. The van der Waals surface area contributed by atoms with Gasteiger partial charge in [0.25, 0.3) is 5.91 Å². The molecule has 0 aliphatic heterocycles. The van der Waals surface area contributed by atoms with Crippen molar-refractivity contribution >= 4 is 45.5 Å². The maximum Gasteiger partial charge on any atom is 0.358 e. The monoisotopic (exact) mass is 486 g/mol. The van der Waals surface area contributed by atoms with E-state index in [-0.39, 0.29) is 22.9 Å². The molecule has 4 aromatic heterocycles. The van der Waals surface area contributed by atoms with Gasteiger partial charge in [-0.3, -0.25) is 4.79 Å². The standard InChI is InChI=1S/C22H18N2O7S2/c1-3-28-21(26)17-13(14-6-4-8-29-14)11-32-20(17)23-16(25)10-31-22(27)18-12(2)33-19(24-18)15-7-5-9-30-15/h4-9,11H,3,10H2,1-2H3,(H,23,25). The Morgan fingerprint density at radius 1 is 1.06 bits per heavy atom. The number of thiazole rings is 1. The van der Waals surface area contributed by atoms with E-state index in [0.717, 1.165) is 11.3 Å². The lowest BCUT2D eigenvalue weighted by atomic mass is 10.1. The maximum absolute atomic E-state index is 12.5. The molecule has 1 N–H and O–H groups in total. The lowest BCUT2D eigenvalue weighted by molar-refractivity contribution is -0.119. The van der Waals surface area contributed by atoms with Crippen LogP contribution in [0.25, 0.3) is 22.1 Å². The minimum absolute atomic E-state index is 0.114. The van der Waals surface area contributed by atoms with Crippen LogP contribution in [0, 0.1) is 6.92 Å². The molecule has 0 aromatic carbocycles. The highest BCUT2D eigenvalue weighted by Gasteiger charge is 2.25. The van der Waals surface area contributed by atoms with E-state index in [4.69, 9.17) is 18.3 Å². The zero-order chi connectivity index (χ0) is 23.4. The number of aromatic nitrogens is 1. The number of nitrogens with zero attached hydrogens (tertiary/aromatic N) is 1. The van der Waals surface area contributed by atoms with Crippen LogP contribution in [-0.2, 0) is 14.3 Å². The number of nitrogens with one attached hydrogen (secondary N) is 1. The highest BCUT2D eigenvalue weighted by Crippen LogP contribution is 2.36. The number of hydrogen-bond acceptors (Lipinski definition) is 10. The van der Waals surface area contributed by atoms with E-state index in [2.05, 4.69) is 10.3 Å². The van der Waals surface area contributed by atoms with Gasteiger partial charge in [-0.15, -0.1) is 22.7 Å². The van der Waals surface area contributed by atoms with Crippen LogP contribution in [0.1, 0.15) is 32.6 Å². The molecule has 0 aliphatic rings. The van der Waals surface area contributed by atoms with E-state index in [0.29, 0.717) is 27.0 Å². The lowest BCUT2D eigenvalue weighted by Gasteiger charge is -2.08. The van der Waals surface area contributed by atoms with Crippen LogP contribution < -0.4 is 5.32 Å². The fourth-order valence-corrected chi connectivity index (χ4v) is 4.75. The van der Waals surface area contributed by atoms with Crippen LogP contribution in [-0.4, -0.2) is 36.0 Å². The highest BCUT2D eigenvalue weighted by atomic mass is 32.1.